The second kappa shape index (κ2) is 15.0. The van der Waals surface area contributed by atoms with Crippen LogP contribution in [-0.4, -0.2) is 27.8 Å². The van der Waals surface area contributed by atoms with Gasteiger partial charge in [0.05, 0.1) is 12.0 Å². The molecule has 7 nitrogen and oxygen atoms in total. The number of unbranched alkanes of at least 4 members (excludes halogenated alkanes) is 9. The van der Waals surface area contributed by atoms with Gasteiger partial charge in [-0.05, 0) is 48.9 Å². The fourth-order valence-electron chi connectivity index (χ4n) is 5.72. The highest BCUT2D eigenvalue weighted by molar-refractivity contribution is 5.85. The van der Waals surface area contributed by atoms with Gasteiger partial charge in [0, 0.05) is 11.6 Å². The predicted molar refractivity (Wildman–Crippen MR) is 176 cm³/mol. The Kier molecular flexibility index (Phi) is 10.7. The van der Waals surface area contributed by atoms with Gasteiger partial charge in [-0.3, -0.25) is 4.79 Å². The largest absolute Gasteiger partial charge is 0.481 e. The first kappa shape index (κ1) is 31.3. The van der Waals surface area contributed by atoms with Crippen molar-refractivity contribution in [3.8, 4) is 28.3 Å². The van der Waals surface area contributed by atoms with E-state index in [0.29, 0.717) is 36.9 Å². The molecule has 1 fully saturated rings. The van der Waals surface area contributed by atoms with Gasteiger partial charge in [-0.25, -0.2) is 0 Å². The molecule has 2 aromatic heterocycles. The number of benzene rings is 2. The normalized spacial score (nSPS) is 13.5. The zero-order chi connectivity index (χ0) is 30.8. The van der Waals surface area contributed by atoms with Gasteiger partial charge in [-0.15, -0.1) is 0 Å². The Balaban J connectivity index is 1.13. The van der Waals surface area contributed by atoms with Gasteiger partial charge in [0.15, 0.2) is 5.76 Å². The van der Waals surface area contributed by atoms with Crippen molar-refractivity contribution < 1.29 is 19.2 Å². The number of nitrogens with zero attached hydrogens (tertiary/aromatic N) is 2. The first-order chi connectivity index (χ1) is 21.5. The Hall–Kier alpha value is -4.13. The molecule has 1 saturated carbocycles. The molecule has 0 saturated heterocycles. The maximum absolute atomic E-state index is 11.7. The number of hydrogen-bond donors (Lipinski definition) is 2. The fourth-order valence-corrected chi connectivity index (χ4v) is 5.72. The van der Waals surface area contributed by atoms with Gasteiger partial charge >= 0.3 is 5.97 Å². The molecule has 1 aliphatic rings. The van der Waals surface area contributed by atoms with Crippen LogP contribution in [0.5, 0.6) is 5.88 Å². The summed E-state index contributed by atoms with van der Waals surface area (Å²) in [6.07, 6.45) is 14.4. The number of rotatable bonds is 18. The van der Waals surface area contributed by atoms with E-state index in [2.05, 4.69) is 22.4 Å². The number of ether oxygens (including phenoxy) is 1. The third-order valence-corrected chi connectivity index (χ3v) is 8.66. The number of aromatic nitrogens is 2. The van der Waals surface area contributed by atoms with Crippen LogP contribution in [0.1, 0.15) is 95.2 Å². The zero-order valence-corrected chi connectivity index (χ0v) is 26.1. The first-order valence-corrected chi connectivity index (χ1v) is 16.3. The lowest BCUT2D eigenvalue weighted by Gasteiger charge is -2.11. The molecule has 0 bridgehead atoms. The number of hydrogen-bond acceptors (Lipinski definition) is 6. The van der Waals surface area contributed by atoms with Gasteiger partial charge in [0.25, 0.3) is 0 Å². The molecule has 2 heterocycles. The van der Waals surface area contributed by atoms with Gasteiger partial charge in [0.2, 0.25) is 5.88 Å². The van der Waals surface area contributed by atoms with E-state index < -0.39 is 11.4 Å². The van der Waals surface area contributed by atoms with Crippen molar-refractivity contribution in [2.24, 2.45) is 0 Å². The summed E-state index contributed by atoms with van der Waals surface area (Å²) in [6.45, 7) is 4.83. The third-order valence-electron chi connectivity index (χ3n) is 8.66. The van der Waals surface area contributed by atoms with E-state index in [1.54, 1.807) is 0 Å². The molecule has 1 aliphatic carbocycles. The molecular weight excluding hydrogens is 550 g/mol. The van der Waals surface area contributed by atoms with Crippen molar-refractivity contribution in [3.63, 3.8) is 0 Å². The summed E-state index contributed by atoms with van der Waals surface area (Å²) >= 11 is 0. The molecule has 0 radical (unpaired) electrons. The van der Waals surface area contributed by atoms with Gasteiger partial charge in [0.1, 0.15) is 17.2 Å². The molecule has 0 unspecified atom stereocenters. The van der Waals surface area contributed by atoms with Crippen LogP contribution < -0.4 is 10.1 Å². The van der Waals surface area contributed by atoms with Crippen LogP contribution in [0, 0.1) is 6.92 Å². The number of carbonyl (C=O) groups is 1. The lowest BCUT2D eigenvalue weighted by molar-refractivity contribution is -0.140. The summed E-state index contributed by atoms with van der Waals surface area (Å²) in [5.41, 5.74) is 4.66. The molecule has 0 spiro atoms. The molecule has 2 aromatic carbocycles. The average molecular weight is 596 g/mol. The van der Waals surface area contributed by atoms with E-state index in [0.717, 1.165) is 40.1 Å². The molecular formula is C37H45N3O4. The lowest BCUT2D eigenvalue weighted by Crippen LogP contribution is -2.19. The zero-order valence-electron chi connectivity index (χ0n) is 26.1. The van der Waals surface area contributed by atoms with Gasteiger partial charge in [-0.2, -0.15) is 4.98 Å². The Bertz CT molecular complexity index is 1490. The maximum atomic E-state index is 11.7. The molecule has 232 valence electrons. The predicted octanol–water partition coefficient (Wildman–Crippen LogP) is 9.87. The highest BCUT2D eigenvalue weighted by atomic mass is 16.5. The lowest BCUT2D eigenvalue weighted by atomic mass is 9.93. The topological polar surface area (TPSA) is 97.5 Å². The number of pyridine rings is 1. The van der Waals surface area contributed by atoms with Crippen LogP contribution in [0.4, 0.5) is 11.5 Å². The Morgan fingerprint density at radius 3 is 2.05 bits per heavy atom. The Morgan fingerprint density at radius 2 is 1.43 bits per heavy atom. The van der Waals surface area contributed by atoms with Crippen LogP contribution >= 0.6 is 0 Å². The van der Waals surface area contributed by atoms with Crippen molar-refractivity contribution in [2.75, 3.05) is 11.9 Å². The molecule has 7 heteroatoms. The van der Waals surface area contributed by atoms with Crippen LogP contribution in [-0.2, 0) is 10.2 Å². The number of carboxylic acids is 1. The molecule has 0 atom stereocenters. The van der Waals surface area contributed by atoms with E-state index in [9.17, 15) is 9.90 Å². The molecule has 4 aromatic rings. The minimum atomic E-state index is -0.736. The van der Waals surface area contributed by atoms with Crippen LogP contribution in [0.15, 0.2) is 71.3 Å². The van der Waals surface area contributed by atoms with Crippen LogP contribution in [0.25, 0.3) is 22.5 Å². The Labute approximate surface area is 261 Å². The molecule has 0 aliphatic heterocycles. The minimum Gasteiger partial charge on any atom is -0.481 e. The van der Waals surface area contributed by atoms with Crippen molar-refractivity contribution >= 4 is 17.5 Å². The van der Waals surface area contributed by atoms with Crippen molar-refractivity contribution in [1.29, 1.82) is 0 Å². The van der Waals surface area contributed by atoms with E-state index in [1.807, 2.05) is 73.7 Å². The number of aryl methyl sites for hydroxylation is 1. The van der Waals surface area contributed by atoms with Crippen LogP contribution in [0.2, 0.25) is 0 Å². The number of aliphatic carboxylic acids is 1. The SMILES string of the molecule is CCCCCCCCCCCCOc1cccc(Nc2c(C)noc2-c2ccc(-c3ccc(C4(C(=O)O)CC4)cc3)cc2)n1. The monoisotopic (exact) mass is 595 g/mol. The van der Waals surface area contributed by atoms with E-state index >= 15 is 0 Å². The standard InChI is InChI=1S/C37H45N3O4/c1-3-4-5-6-7-8-9-10-11-12-26-43-33-15-13-14-32(38-33)39-34-27(2)40-44-35(34)30-18-16-28(17-19-30)29-20-22-31(23-21-29)37(24-25-37)36(41)42/h13-23H,3-12,24-26H2,1-2H3,(H,38,39)(H,41,42). The summed E-state index contributed by atoms with van der Waals surface area (Å²) in [4.78, 5) is 16.3. The average Bonchev–Trinajstić information content (AvgIpc) is 3.79. The molecule has 2 N–H and O–H groups in total. The van der Waals surface area contributed by atoms with Gasteiger partial charge < -0.3 is 19.7 Å². The smallest absolute Gasteiger partial charge is 0.314 e. The van der Waals surface area contributed by atoms with Crippen molar-refractivity contribution in [2.45, 2.75) is 96.3 Å². The van der Waals surface area contributed by atoms with Crippen molar-refractivity contribution in [3.05, 3.63) is 78.0 Å². The number of carboxylic acid groups (broad SMARTS) is 1. The quantitative estimate of drug-likeness (QED) is 0.110. The van der Waals surface area contributed by atoms with Crippen molar-refractivity contribution in [1.82, 2.24) is 10.1 Å². The van der Waals surface area contributed by atoms with E-state index in [-0.39, 0.29) is 0 Å². The fraction of sp³-hybridized carbons (Fsp3) is 0.432. The van der Waals surface area contributed by atoms with E-state index in [4.69, 9.17) is 9.26 Å². The summed E-state index contributed by atoms with van der Waals surface area (Å²) in [5.74, 6) is 1.18. The third kappa shape index (κ3) is 7.87. The minimum absolute atomic E-state index is 0.605. The summed E-state index contributed by atoms with van der Waals surface area (Å²) in [5, 5.41) is 17.2. The Morgan fingerprint density at radius 1 is 0.841 bits per heavy atom. The second-order valence-corrected chi connectivity index (χ2v) is 12.0. The summed E-state index contributed by atoms with van der Waals surface area (Å²) in [6, 6.07) is 21.7. The number of nitrogens with one attached hydrogen (secondary N) is 1. The number of anilines is 2. The van der Waals surface area contributed by atoms with Gasteiger partial charge in [-0.1, -0.05) is 124 Å². The van der Waals surface area contributed by atoms with E-state index in [1.165, 1.54) is 57.8 Å². The second-order valence-electron chi connectivity index (χ2n) is 12.0. The molecule has 0 amide bonds. The first-order valence-electron chi connectivity index (χ1n) is 16.3. The highest BCUT2D eigenvalue weighted by Crippen LogP contribution is 2.48. The van der Waals surface area contributed by atoms with Crippen LogP contribution in [0.3, 0.4) is 0 Å². The highest BCUT2D eigenvalue weighted by Gasteiger charge is 2.51. The molecule has 44 heavy (non-hydrogen) atoms. The molecule has 5 rings (SSSR count). The summed E-state index contributed by atoms with van der Waals surface area (Å²) in [7, 11) is 0. The summed E-state index contributed by atoms with van der Waals surface area (Å²) < 4.78 is 11.7. The maximum Gasteiger partial charge on any atom is 0.314 e.